The monoisotopic (exact) mass is 340 g/mol. The maximum atomic E-state index is 6.72. The molecule has 0 bridgehead atoms. The molecule has 4 rings (SSSR count). The van der Waals surface area contributed by atoms with Crippen molar-refractivity contribution in [2.75, 3.05) is 0 Å². The molecule has 4 N–H and O–H groups in total. The normalized spacial score (nSPS) is 28.0. The lowest BCUT2D eigenvalue weighted by Crippen LogP contribution is -2.45. The van der Waals surface area contributed by atoms with Crippen molar-refractivity contribution < 1.29 is 4.84 Å². The number of fused-ring (bicyclic) bond motifs is 3. The van der Waals surface area contributed by atoms with Crippen LogP contribution in [0.2, 0.25) is 0 Å². The summed E-state index contributed by atoms with van der Waals surface area (Å²) in [5, 5.41) is 0. The summed E-state index contributed by atoms with van der Waals surface area (Å²) in [6.07, 6.45) is 11.2. The van der Waals surface area contributed by atoms with Crippen molar-refractivity contribution in [3.8, 4) is 11.3 Å². The Kier molecular flexibility index (Phi) is 4.40. The lowest BCUT2D eigenvalue weighted by Gasteiger charge is -2.37. The first kappa shape index (κ1) is 16.8. The Hall–Kier alpha value is -1.69. The molecule has 1 aliphatic carbocycles. The molecule has 0 amide bonds. The molecule has 134 valence electrons. The van der Waals surface area contributed by atoms with Crippen LogP contribution in [0.1, 0.15) is 62.6 Å². The molecule has 5 heteroatoms. The molecule has 0 unspecified atom stereocenters. The molecule has 1 fully saturated rings. The van der Waals surface area contributed by atoms with E-state index >= 15 is 0 Å². The molecule has 2 aliphatic rings. The summed E-state index contributed by atoms with van der Waals surface area (Å²) in [5.74, 6) is 5.34. The molecule has 2 aromatic rings. The number of aryl methyl sites for hydroxylation is 1. The van der Waals surface area contributed by atoms with Crippen molar-refractivity contribution in [1.82, 2.24) is 9.55 Å². The van der Waals surface area contributed by atoms with Gasteiger partial charge in [0.05, 0.1) is 30.4 Å². The van der Waals surface area contributed by atoms with E-state index in [1.54, 1.807) is 0 Å². The lowest BCUT2D eigenvalue weighted by molar-refractivity contribution is 0.0107. The van der Waals surface area contributed by atoms with Crippen LogP contribution in [0, 0.1) is 0 Å². The minimum absolute atomic E-state index is 0.0975. The van der Waals surface area contributed by atoms with Crippen molar-refractivity contribution in [3.63, 3.8) is 0 Å². The van der Waals surface area contributed by atoms with Crippen LogP contribution in [0.15, 0.2) is 30.7 Å². The number of imidazole rings is 1. The molecule has 0 saturated heterocycles. The van der Waals surface area contributed by atoms with Gasteiger partial charge in [0.1, 0.15) is 0 Å². The Morgan fingerprint density at radius 1 is 1.32 bits per heavy atom. The fraction of sp³-hybridized carbons (Fsp3) is 0.550. The number of rotatable bonds is 5. The van der Waals surface area contributed by atoms with Gasteiger partial charge in [-0.2, -0.15) is 0 Å². The van der Waals surface area contributed by atoms with Gasteiger partial charge in [-0.05, 0) is 56.1 Å². The van der Waals surface area contributed by atoms with E-state index in [1.807, 2.05) is 12.5 Å². The molecule has 1 aromatic carbocycles. The Labute approximate surface area is 149 Å². The van der Waals surface area contributed by atoms with Crippen LogP contribution in [-0.4, -0.2) is 21.2 Å². The van der Waals surface area contributed by atoms with Gasteiger partial charge in [0.15, 0.2) is 0 Å². The highest BCUT2D eigenvalue weighted by Crippen LogP contribution is 2.44. The van der Waals surface area contributed by atoms with E-state index in [0.29, 0.717) is 6.04 Å². The standard InChI is InChI=1S/C20H28N4O/c1-2-14-4-3-5-16-18-12-23-13-24(18)17(19(14)16)8-11-20(21)9-6-15(25-22)7-10-20/h3-5,12-13,15,17H,2,6-11,21-22H2,1H3/t15-,17-,20-/m1/s1. The second kappa shape index (κ2) is 6.56. The second-order valence-corrected chi connectivity index (χ2v) is 7.67. The summed E-state index contributed by atoms with van der Waals surface area (Å²) in [6, 6.07) is 7.00. The second-order valence-electron chi connectivity index (χ2n) is 7.67. The van der Waals surface area contributed by atoms with Gasteiger partial charge in [0.2, 0.25) is 0 Å². The van der Waals surface area contributed by atoms with Crippen LogP contribution in [0.4, 0.5) is 0 Å². The van der Waals surface area contributed by atoms with Gasteiger partial charge in [-0.15, -0.1) is 0 Å². The van der Waals surface area contributed by atoms with E-state index in [-0.39, 0.29) is 11.6 Å². The Balaban J connectivity index is 1.56. The minimum atomic E-state index is -0.0975. The van der Waals surface area contributed by atoms with Gasteiger partial charge in [0, 0.05) is 11.1 Å². The van der Waals surface area contributed by atoms with Crippen LogP contribution in [0.5, 0.6) is 0 Å². The zero-order valence-electron chi connectivity index (χ0n) is 14.9. The van der Waals surface area contributed by atoms with Crippen molar-refractivity contribution in [3.05, 3.63) is 41.9 Å². The third-order valence-electron chi connectivity index (χ3n) is 6.22. The molecule has 1 atom stereocenters. The first-order valence-electron chi connectivity index (χ1n) is 9.43. The van der Waals surface area contributed by atoms with Crippen LogP contribution in [-0.2, 0) is 11.3 Å². The molecule has 1 aliphatic heterocycles. The predicted octanol–water partition coefficient (Wildman–Crippen LogP) is 3.33. The van der Waals surface area contributed by atoms with Gasteiger partial charge in [-0.3, -0.25) is 0 Å². The third-order valence-corrected chi connectivity index (χ3v) is 6.22. The number of benzene rings is 1. The SMILES string of the molecule is CCc1cccc2c1[C@@H](CC[C@]1(N)CC[C@H](ON)CC1)n1cncc1-2. The number of aromatic nitrogens is 2. The smallest absolute Gasteiger partial charge is 0.0956 e. The van der Waals surface area contributed by atoms with E-state index in [1.165, 1.54) is 22.4 Å². The van der Waals surface area contributed by atoms with Crippen molar-refractivity contribution >= 4 is 0 Å². The fourth-order valence-corrected chi connectivity index (χ4v) is 4.70. The van der Waals surface area contributed by atoms with E-state index in [0.717, 1.165) is 44.9 Å². The number of nitrogens with zero attached hydrogens (tertiary/aromatic N) is 2. The first-order chi connectivity index (χ1) is 12.1. The summed E-state index contributed by atoms with van der Waals surface area (Å²) in [4.78, 5) is 9.39. The highest BCUT2D eigenvalue weighted by Gasteiger charge is 2.35. The van der Waals surface area contributed by atoms with Crippen LogP contribution >= 0.6 is 0 Å². The summed E-state index contributed by atoms with van der Waals surface area (Å²) >= 11 is 0. The van der Waals surface area contributed by atoms with Crippen LogP contribution in [0.3, 0.4) is 0 Å². The zero-order valence-corrected chi connectivity index (χ0v) is 14.9. The maximum Gasteiger partial charge on any atom is 0.0956 e. The number of hydrogen-bond donors (Lipinski definition) is 2. The van der Waals surface area contributed by atoms with E-state index in [9.17, 15) is 0 Å². The lowest BCUT2D eigenvalue weighted by atomic mass is 9.77. The van der Waals surface area contributed by atoms with Crippen molar-refractivity contribution in [2.24, 2.45) is 11.6 Å². The molecule has 25 heavy (non-hydrogen) atoms. The Morgan fingerprint density at radius 3 is 2.84 bits per heavy atom. The number of hydrogen-bond acceptors (Lipinski definition) is 4. The van der Waals surface area contributed by atoms with E-state index in [4.69, 9.17) is 16.5 Å². The summed E-state index contributed by atoms with van der Waals surface area (Å²) in [6.45, 7) is 2.23. The van der Waals surface area contributed by atoms with Gasteiger partial charge >= 0.3 is 0 Å². The Bertz CT molecular complexity index is 746. The summed E-state index contributed by atoms with van der Waals surface area (Å²) < 4.78 is 2.34. The van der Waals surface area contributed by atoms with Gasteiger partial charge < -0.3 is 15.1 Å². The van der Waals surface area contributed by atoms with Crippen LogP contribution < -0.4 is 11.6 Å². The Morgan fingerprint density at radius 2 is 2.12 bits per heavy atom. The quantitative estimate of drug-likeness (QED) is 0.818. The largest absolute Gasteiger partial charge is 0.325 e. The zero-order chi connectivity index (χ0) is 17.4. The highest BCUT2D eigenvalue weighted by atomic mass is 16.6. The highest BCUT2D eigenvalue weighted by molar-refractivity contribution is 5.70. The van der Waals surface area contributed by atoms with Crippen LogP contribution in [0.25, 0.3) is 11.3 Å². The molecule has 0 radical (unpaired) electrons. The molecular formula is C20H28N4O. The minimum Gasteiger partial charge on any atom is -0.325 e. The van der Waals surface area contributed by atoms with Gasteiger partial charge in [-0.25, -0.2) is 10.9 Å². The molecule has 0 spiro atoms. The van der Waals surface area contributed by atoms with Gasteiger partial charge in [-0.1, -0.05) is 25.1 Å². The average molecular weight is 340 g/mol. The topological polar surface area (TPSA) is 79.1 Å². The first-order valence-corrected chi connectivity index (χ1v) is 9.43. The molecule has 2 heterocycles. The third kappa shape index (κ3) is 2.90. The molecule has 1 aromatic heterocycles. The maximum absolute atomic E-state index is 6.72. The number of nitrogens with two attached hydrogens (primary N) is 2. The molecule has 1 saturated carbocycles. The summed E-state index contributed by atoms with van der Waals surface area (Å²) in [7, 11) is 0. The van der Waals surface area contributed by atoms with Crippen molar-refractivity contribution in [1.29, 1.82) is 0 Å². The molecular weight excluding hydrogens is 312 g/mol. The van der Waals surface area contributed by atoms with E-state index < -0.39 is 0 Å². The predicted molar refractivity (Wildman–Crippen MR) is 98.9 cm³/mol. The summed E-state index contributed by atoms with van der Waals surface area (Å²) in [5.41, 5.74) is 12.1. The van der Waals surface area contributed by atoms with Crippen molar-refractivity contribution in [2.45, 2.75) is 69.6 Å². The fourth-order valence-electron chi connectivity index (χ4n) is 4.70. The van der Waals surface area contributed by atoms with E-state index in [2.05, 4.69) is 34.7 Å². The van der Waals surface area contributed by atoms with Gasteiger partial charge in [0.25, 0.3) is 0 Å². The average Bonchev–Trinajstić information content (AvgIpc) is 3.22. The molecule has 5 nitrogen and oxygen atoms in total.